The lowest BCUT2D eigenvalue weighted by Crippen LogP contribution is -2.48. The SMILES string of the molecule is CC(C)(C)[C@H](c1nn(-c2cc(F)ccc2F)cc1Cc1ccccc1)N(CC[C@H](N)C(=O)NCCNC(=O)CN1C(=O)C=CC1=O)C(=O)CO. The fraction of sp³-hybridized carbons (Fsp3) is 0.371. The highest BCUT2D eigenvalue weighted by Gasteiger charge is 2.38. The van der Waals surface area contributed by atoms with Crippen molar-refractivity contribution in [2.24, 2.45) is 11.1 Å². The molecule has 15 heteroatoms. The van der Waals surface area contributed by atoms with Crippen LogP contribution in [0.1, 0.15) is 50.1 Å². The Labute approximate surface area is 288 Å². The van der Waals surface area contributed by atoms with E-state index in [4.69, 9.17) is 10.8 Å². The molecule has 13 nitrogen and oxygen atoms in total. The molecule has 0 fully saturated rings. The van der Waals surface area contributed by atoms with Crippen LogP contribution in [-0.4, -0.2) is 93.1 Å². The second-order valence-corrected chi connectivity index (χ2v) is 12.9. The van der Waals surface area contributed by atoms with E-state index in [1.54, 1.807) is 6.20 Å². The Kier molecular flexibility index (Phi) is 12.3. The van der Waals surface area contributed by atoms with Crippen molar-refractivity contribution in [3.05, 3.63) is 95.3 Å². The zero-order valence-electron chi connectivity index (χ0n) is 28.1. The topological polar surface area (TPSA) is 180 Å². The third kappa shape index (κ3) is 9.45. The molecule has 266 valence electrons. The first-order chi connectivity index (χ1) is 23.7. The Morgan fingerprint density at radius 1 is 1.00 bits per heavy atom. The predicted octanol–water partition coefficient (Wildman–Crippen LogP) is 1.52. The molecule has 0 saturated heterocycles. The van der Waals surface area contributed by atoms with Gasteiger partial charge in [0, 0.05) is 56.0 Å². The maximum atomic E-state index is 14.9. The van der Waals surface area contributed by atoms with Gasteiger partial charge in [-0.1, -0.05) is 51.1 Å². The molecule has 4 rings (SSSR count). The van der Waals surface area contributed by atoms with E-state index in [0.717, 1.165) is 40.8 Å². The van der Waals surface area contributed by atoms with Crippen LogP contribution in [0, 0.1) is 17.0 Å². The van der Waals surface area contributed by atoms with Gasteiger partial charge >= 0.3 is 0 Å². The van der Waals surface area contributed by atoms with Gasteiger partial charge in [0.15, 0.2) is 0 Å². The fourth-order valence-corrected chi connectivity index (χ4v) is 5.62. The second kappa shape index (κ2) is 16.4. The normalized spacial score (nSPS) is 14.1. The molecule has 0 unspecified atom stereocenters. The van der Waals surface area contributed by atoms with Gasteiger partial charge in [-0.25, -0.2) is 13.5 Å². The van der Waals surface area contributed by atoms with Crippen LogP contribution in [0.3, 0.4) is 0 Å². The van der Waals surface area contributed by atoms with Crippen LogP contribution in [0.4, 0.5) is 8.78 Å². The number of imide groups is 1. The molecule has 0 saturated carbocycles. The number of nitrogens with zero attached hydrogens (tertiary/aromatic N) is 4. The summed E-state index contributed by atoms with van der Waals surface area (Å²) in [4.78, 5) is 63.7. The van der Waals surface area contributed by atoms with Gasteiger partial charge in [-0.3, -0.25) is 28.9 Å². The zero-order valence-corrected chi connectivity index (χ0v) is 28.1. The average Bonchev–Trinajstić information content (AvgIpc) is 3.62. The summed E-state index contributed by atoms with van der Waals surface area (Å²) < 4.78 is 30.4. The van der Waals surface area contributed by atoms with Crippen LogP contribution < -0.4 is 16.4 Å². The molecule has 50 heavy (non-hydrogen) atoms. The highest BCUT2D eigenvalue weighted by atomic mass is 19.1. The first-order valence-electron chi connectivity index (χ1n) is 16.0. The Morgan fingerprint density at radius 2 is 1.66 bits per heavy atom. The van der Waals surface area contributed by atoms with Crippen molar-refractivity contribution in [2.45, 2.75) is 45.7 Å². The van der Waals surface area contributed by atoms with Crippen LogP contribution in [0.25, 0.3) is 5.69 Å². The number of rotatable bonds is 15. The molecule has 1 aromatic heterocycles. The third-order valence-electron chi connectivity index (χ3n) is 8.03. The Balaban J connectivity index is 1.50. The maximum absolute atomic E-state index is 14.9. The number of benzene rings is 2. The molecule has 5 N–H and O–H groups in total. The van der Waals surface area contributed by atoms with E-state index in [1.165, 1.54) is 9.58 Å². The molecular formula is C35H41F2N7O6. The summed E-state index contributed by atoms with van der Waals surface area (Å²) in [6.45, 7) is 4.25. The van der Waals surface area contributed by atoms with Gasteiger partial charge in [0.25, 0.3) is 11.8 Å². The lowest BCUT2D eigenvalue weighted by Gasteiger charge is -2.40. The molecule has 2 atom stereocenters. The standard InChI is InChI=1S/C35H41F2N7O6/c1-35(2,3)33(32-23(17-22-7-5-4-6-8-22)19-44(41-32)27-18-24(36)9-10-25(27)37)42(31(49)21-45)16-13-26(38)34(50)40-15-14-39-28(46)20-43-29(47)11-12-30(43)48/h4-12,18-19,26,33,45H,13-17,20-21,38H2,1-3H3,(H,39,46)(H,40,50)/t26-,33-/m0/s1. The number of amides is 5. The van der Waals surface area contributed by atoms with Gasteiger partial charge in [-0.15, -0.1) is 0 Å². The van der Waals surface area contributed by atoms with E-state index in [0.29, 0.717) is 17.7 Å². The number of hydrogen-bond donors (Lipinski definition) is 4. The summed E-state index contributed by atoms with van der Waals surface area (Å²) >= 11 is 0. The van der Waals surface area contributed by atoms with Crippen molar-refractivity contribution in [3.8, 4) is 5.69 Å². The number of carbonyl (C=O) groups is 5. The Hall–Kier alpha value is -5.28. The number of halogens is 2. The Bertz CT molecular complexity index is 1740. The smallest absolute Gasteiger partial charge is 0.254 e. The van der Waals surface area contributed by atoms with Crippen molar-refractivity contribution < 1.29 is 37.9 Å². The number of carbonyl (C=O) groups excluding carboxylic acids is 5. The van der Waals surface area contributed by atoms with Gasteiger partial charge in [-0.05, 0) is 29.5 Å². The van der Waals surface area contributed by atoms with Crippen LogP contribution in [-0.2, 0) is 30.4 Å². The summed E-state index contributed by atoms with van der Waals surface area (Å²) in [6.07, 6.45) is 4.06. The van der Waals surface area contributed by atoms with Crippen molar-refractivity contribution in [3.63, 3.8) is 0 Å². The number of hydrogen-bond acceptors (Lipinski definition) is 8. The van der Waals surface area contributed by atoms with Gasteiger partial charge in [0.2, 0.25) is 17.7 Å². The van der Waals surface area contributed by atoms with Crippen molar-refractivity contribution >= 4 is 29.5 Å². The largest absolute Gasteiger partial charge is 0.387 e. The fourth-order valence-electron chi connectivity index (χ4n) is 5.62. The maximum Gasteiger partial charge on any atom is 0.254 e. The lowest BCUT2D eigenvalue weighted by molar-refractivity contribution is -0.141. The van der Waals surface area contributed by atoms with Crippen LogP contribution in [0.15, 0.2) is 66.9 Å². The van der Waals surface area contributed by atoms with E-state index in [1.807, 2.05) is 51.1 Å². The first kappa shape index (κ1) is 37.5. The lowest BCUT2D eigenvalue weighted by atomic mass is 9.81. The van der Waals surface area contributed by atoms with Gasteiger partial charge in [0.05, 0.1) is 17.8 Å². The molecule has 5 amide bonds. The van der Waals surface area contributed by atoms with E-state index < -0.39 is 71.8 Å². The minimum Gasteiger partial charge on any atom is -0.387 e. The predicted molar refractivity (Wildman–Crippen MR) is 178 cm³/mol. The van der Waals surface area contributed by atoms with Crippen molar-refractivity contribution in [1.29, 1.82) is 0 Å². The number of aromatic nitrogens is 2. The van der Waals surface area contributed by atoms with Crippen LogP contribution in [0.5, 0.6) is 0 Å². The summed E-state index contributed by atoms with van der Waals surface area (Å²) in [5, 5.41) is 19.8. The Morgan fingerprint density at radius 3 is 2.30 bits per heavy atom. The molecule has 1 aliphatic heterocycles. The highest BCUT2D eigenvalue weighted by molar-refractivity contribution is 6.14. The van der Waals surface area contributed by atoms with Crippen molar-refractivity contribution in [1.82, 2.24) is 30.2 Å². The zero-order chi connectivity index (χ0) is 36.6. The average molecular weight is 694 g/mol. The van der Waals surface area contributed by atoms with Crippen LogP contribution >= 0.6 is 0 Å². The van der Waals surface area contributed by atoms with Gasteiger partial charge in [-0.2, -0.15) is 5.10 Å². The van der Waals surface area contributed by atoms with Crippen LogP contribution in [0.2, 0.25) is 0 Å². The molecule has 0 spiro atoms. The second-order valence-electron chi connectivity index (χ2n) is 12.9. The summed E-state index contributed by atoms with van der Waals surface area (Å²) in [6, 6.07) is 10.6. The minimum atomic E-state index is -1.09. The molecule has 3 aromatic rings. The number of aliphatic hydroxyl groups is 1. The number of nitrogens with two attached hydrogens (primary N) is 1. The molecular weight excluding hydrogens is 652 g/mol. The summed E-state index contributed by atoms with van der Waals surface area (Å²) in [5.41, 5.74) is 7.30. The van der Waals surface area contributed by atoms with E-state index in [2.05, 4.69) is 10.6 Å². The molecule has 2 aromatic carbocycles. The monoisotopic (exact) mass is 693 g/mol. The van der Waals surface area contributed by atoms with E-state index in [9.17, 15) is 37.9 Å². The van der Waals surface area contributed by atoms with E-state index in [-0.39, 0.29) is 31.7 Å². The molecule has 2 heterocycles. The molecule has 0 radical (unpaired) electrons. The molecule has 1 aliphatic rings. The quantitative estimate of drug-likeness (QED) is 0.137. The van der Waals surface area contributed by atoms with Crippen molar-refractivity contribution in [2.75, 3.05) is 32.8 Å². The molecule has 0 aliphatic carbocycles. The summed E-state index contributed by atoms with van der Waals surface area (Å²) in [5.74, 6) is -4.34. The van der Waals surface area contributed by atoms with Gasteiger partial charge in [0.1, 0.15) is 30.5 Å². The van der Waals surface area contributed by atoms with E-state index >= 15 is 0 Å². The third-order valence-corrected chi connectivity index (χ3v) is 8.03. The highest BCUT2D eigenvalue weighted by Crippen LogP contribution is 2.40. The first-order valence-corrected chi connectivity index (χ1v) is 16.0. The number of aliphatic hydroxyl groups excluding tert-OH is 1. The number of nitrogens with one attached hydrogen (secondary N) is 2. The molecule has 0 bridgehead atoms. The minimum absolute atomic E-state index is 0.000756. The van der Waals surface area contributed by atoms with Gasteiger partial charge < -0.3 is 26.4 Å². The summed E-state index contributed by atoms with van der Waals surface area (Å²) in [7, 11) is 0.